The molecule has 27 heavy (non-hydrogen) atoms. The summed E-state index contributed by atoms with van der Waals surface area (Å²) >= 11 is 0. The van der Waals surface area contributed by atoms with Crippen LogP contribution < -0.4 is 19.5 Å². The lowest BCUT2D eigenvalue weighted by Crippen LogP contribution is -2.45. The van der Waals surface area contributed by atoms with Crippen molar-refractivity contribution in [3.63, 3.8) is 0 Å². The smallest absolute Gasteiger partial charge is 0.258 e. The first-order valence-electron chi connectivity index (χ1n) is 9.19. The van der Waals surface area contributed by atoms with Gasteiger partial charge in [-0.1, -0.05) is 6.07 Å². The second kappa shape index (κ2) is 8.26. The minimum Gasteiger partial charge on any atom is -0.484 e. The summed E-state index contributed by atoms with van der Waals surface area (Å²) in [7, 11) is 0. The van der Waals surface area contributed by atoms with E-state index in [0.717, 1.165) is 32.5 Å². The van der Waals surface area contributed by atoms with Gasteiger partial charge in [-0.15, -0.1) is 0 Å². The predicted molar refractivity (Wildman–Crippen MR) is 98.7 cm³/mol. The van der Waals surface area contributed by atoms with Gasteiger partial charge >= 0.3 is 0 Å². The van der Waals surface area contributed by atoms with Crippen molar-refractivity contribution in [3.8, 4) is 17.2 Å². The molecule has 4 rings (SSSR count). The Kier molecular flexibility index (Phi) is 5.39. The first kappa shape index (κ1) is 17.6. The van der Waals surface area contributed by atoms with Gasteiger partial charge in [-0.25, -0.2) is 0 Å². The van der Waals surface area contributed by atoms with E-state index in [2.05, 4.69) is 21.3 Å². The van der Waals surface area contributed by atoms with Gasteiger partial charge in [-0.3, -0.25) is 14.7 Å². The average Bonchev–Trinajstić information content (AvgIpc) is 3.17. The van der Waals surface area contributed by atoms with Gasteiger partial charge in [-0.05, 0) is 36.6 Å². The Hall–Kier alpha value is -2.80. The number of nitrogens with zero attached hydrogens (tertiary/aromatic N) is 2. The quantitative estimate of drug-likeness (QED) is 0.839. The number of pyridine rings is 1. The molecule has 0 aliphatic carbocycles. The van der Waals surface area contributed by atoms with Crippen molar-refractivity contribution in [1.82, 2.24) is 15.2 Å². The zero-order chi connectivity index (χ0) is 18.5. The van der Waals surface area contributed by atoms with Gasteiger partial charge in [0.2, 0.25) is 6.79 Å². The topological polar surface area (TPSA) is 72.9 Å². The number of piperidine rings is 1. The maximum atomic E-state index is 12.2. The van der Waals surface area contributed by atoms with Crippen LogP contribution in [0.1, 0.15) is 18.4 Å². The number of rotatable bonds is 6. The van der Waals surface area contributed by atoms with Crippen LogP contribution in [0.2, 0.25) is 0 Å². The van der Waals surface area contributed by atoms with Crippen molar-refractivity contribution in [1.29, 1.82) is 0 Å². The third-order valence-electron chi connectivity index (χ3n) is 4.80. The standard InChI is InChI=1S/C20H23N3O4/c24-20(13-25-17-3-4-18-19(10-17)27-14-26-18)22-16-5-8-23(9-6-16)12-15-2-1-7-21-11-15/h1-4,7,10-11,16H,5-6,8-9,12-14H2,(H,22,24). The summed E-state index contributed by atoms with van der Waals surface area (Å²) in [4.78, 5) is 18.7. The second-order valence-corrected chi connectivity index (χ2v) is 6.78. The third-order valence-corrected chi connectivity index (χ3v) is 4.80. The van der Waals surface area contributed by atoms with Crippen LogP contribution in [0, 0.1) is 0 Å². The number of carbonyl (C=O) groups is 1. The first-order valence-corrected chi connectivity index (χ1v) is 9.19. The summed E-state index contributed by atoms with van der Waals surface area (Å²) in [6.45, 7) is 3.04. The Morgan fingerprint density at radius 1 is 1.22 bits per heavy atom. The van der Waals surface area contributed by atoms with E-state index in [4.69, 9.17) is 14.2 Å². The maximum absolute atomic E-state index is 12.2. The molecule has 7 heteroatoms. The van der Waals surface area contributed by atoms with Gasteiger partial charge in [0, 0.05) is 44.1 Å². The summed E-state index contributed by atoms with van der Waals surface area (Å²) in [6, 6.07) is 9.55. The zero-order valence-electron chi connectivity index (χ0n) is 15.1. The van der Waals surface area contributed by atoms with Crippen LogP contribution >= 0.6 is 0 Å². The van der Waals surface area contributed by atoms with Crippen LogP contribution in [0.25, 0.3) is 0 Å². The van der Waals surface area contributed by atoms with Crippen molar-refractivity contribution in [2.75, 3.05) is 26.5 Å². The Morgan fingerprint density at radius 2 is 2.07 bits per heavy atom. The highest BCUT2D eigenvalue weighted by atomic mass is 16.7. The zero-order valence-corrected chi connectivity index (χ0v) is 15.1. The summed E-state index contributed by atoms with van der Waals surface area (Å²) in [5.41, 5.74) is 1.22. The lowest BCUT2D eigenvalue weighted by molar-refractivity contribution is -0.124. The van der Waals surface area contributed by atoms with Gasteiger partial charge in [0.25, 0.3) is 5.91 Å². The van der Waals surface area contributed by atoms with Crippen molar-refractivity contribution in [2.24, 2.45) is 0 Å². The van der Waals surface area contributed by atoms with Crippen LogP contribution in [0.3, 0.4) is 0 Å². The molecule has 1 saturated heterocycles. The molecule has 0 spiro atoms. The molecule has 2 aromatic rings. The minimum atomic E-state index is -0.0987. The van der Waals surface area contributed by atoms with E-state index >= 15 is 0 Å². The van der Waals surface area contributed by atoms with E-state index in [1.54, 1.807) is 24.4 Å². The molecule has 1 aromatic heterocycles. The molecule has 1 amide bonds. The average molecular weight is 369 g/mol. The number of benzene rings is 1. The van der Waals surface area contributed by atoms with Crippen molar-refractivity contribution >= 4 is 5.91 Å². The molecular weight excluding hydrogens is 346 g/mol. The van der Waals surface area contributed by atoms with E-state index < -0.39 is 0 Å². The van der Waals surface area contributed by atoms with E-state index in [1.165, 1.54) is 5.56 Å². The molecule has 1 aromatic carbocycles. The lowest BCUT2D eigenvalue weighted by atomic mass is 10.0. The molecule has 0 unspecified atom stereocenters. The highest BCUT2D eigenvalue weighted by Crippen LogP contribution is 2.35. The molecule has 2 aliphatic heterocycles. The number of amides is 1. The normalized spacial score (nSPS) is 16.9. The minimum absolute atomic E-state index is 0.00442. The van der Waals surface area contributed by atoms with Gasteiger partial charge in [0.15, 0.2) is 18.1 Å². The highest BCUT2D eigenvalue weighted by molar-refractivity contribution is 5.77. The summed E-state index contributed by atoms with van der Waals surface area (Å²) in [5, 5.41) is 3.07. The Labute approximate surface area is 158 Å². The molecule has 1 N–H and O–H groups in total. The van der Waals surface area contributed by atoms with E-state index in [0.29, 0.717) is 17.2 Å². The number of likely N-dealkylation sites (tertiary alicyclic amines) is 1. The number of aromatic nitrogens is 1. The molecule has 7 nitrogen and oxygen atoms in total. The van der Waals surface area contributed by atoms with Gasteiger partial charge in [0.05, 0.1) is 0 Å². The Balaban J connectivity index is 1.18. The van der Waals surface area contributed by atoms with Crippen LogP contribution in [0.15, 0.2) is 42.7 Å². The second-order valence-electron chi connectivity index (χ2n) is 6.78. The van der Waals surface area contributed by atoms with Crippen molar-refractivity contribution in [3.05, 3.63) is 48.3 Å². The molecule has 3 heterocycles. The molecule has 1 fully saturated rings. The van der Waals surface area contributed by atoms with Crippen LogP contribution in [-0.2, 0) is 11.3 Å². The largest absolute Gasteiger partial charge is 0.484 e. The molecule has 0 atom stereocenters. The third kappa shape index (κ3) is 4.68. The summed E-state index contributed by atoms with van der Waals surface area (Å²) in [5.74, 6) is 1.85. The van der Waals surface area contributed by atoms with E-state index in [1.807, 2.05) is 12.3 Å². The Morgan fingerprint density at radius 3 is 2.89 bits per heavy atom. The van der Waals surface area contributed by atoms with Gasteiger partial charge < -0.3 is 19.5 Å². The number of carbonyl (C=O) groups excluding carboxylic acids is 1. The van der Waals surface area contributed by atoms with Crippen molar-refractivity contribution < 1.29 is 19.0 Å². The van der Waals surface area contributed by atoms with Crippen LogP contribution in [0.4, 0.5) is 0 Å². The maximum Gasteiger partial charge on any atom is 0.258 e. The lowest BCUT2D eigenvalue weighted by Gasteiger charge is -2.32. The number of hydrogen-bond donors (Lipinski definition) is 1. The molecule has 0 saturated carbocycles. The number of hydrogen-bond acceptors (Lipinski definition) is 6. The number of ether oxygens (including phenoxy) is 3. The summed E-state index contributed by atoms with van der Waals surface area (Å²) in [6.07, 6.45) is 5.57. The van der Waals surface area contributed by atoms with Gasteiger partial charge in [-0.2, -0.15) is 0 Å². The van der Waals surface area contributed by atoms with E-state index in [-0.39, 0.29) is 25.3 Å². The van der Waals surface area contributed by atoms with Crippen LogP contribution in [-0.4, -0.2) is 48.3 Å². The molecular formula is C20H23N3O4. The predicted octanol–water partition coefficient (Wildman–Crippen LogP) is 1.97. The van der Waals surface area contributed by atoms with Gasteiger partial charge in [0.1, 0.15) is 5.75 Å². The fourth-order valence-corrected chi connectivity index (χ4v) is 3.37. The fraction of sp³-hybridized carbons (Fsp3) is 0.400. The highest BCUT2D eigenvalue weighted by Gasteiger charge is 2.21. The van der Waals surface area contributed by atoms with E-state index in [9.17, 15) is 4.79 Å². The molecule has 2 aliphatic rings. The number of fused-ring (bicyclic) bond motifs is 1. The monoisotopic (exact) mass is 369 g/mol. The SMILES string of the molecule is O=C(COc1ccc2c(c1)OCO2)NC1CCN(Cc2cccnc2)CC1. The van der Waals surface area contributed by atoms with Crippen molar-refractivity contribution in [2.45, 2.75) is 25.4 Å². The first-order chi connectivity index (χ1) is 13.3. The molecule has 0 bridgehead atoms. The fourth-order valence-electron chi connectivity index (χ4n) is 3.37. The molecule has 142 valence electrons. The number of nitrogens with one attached hydrogen (secondary N) is 1. The summed E-state index contributed by atoms with van der Waals surface area (Å²) < 4.78 is 16.1. The molecule has 0 radical (unpaired) electrons. The van der Waals surface area contributed by atoms with Crippen LogP contribution in [0.5, 0.6) is 17.2 Å². The Bertz CT molecular complexity index is 776.